The van der Waals surface area contributed by atoms with E-state index < -0.39 is 0 Å². The minimum Gasteiger partial charge on any atom is -0.496 e. The largest absolute Gasteiger partial charge is 0.496 e. The molecule has 1 heterocycles. The van der Waals surface area contributed by atoms with Crippen molar-refractivity contribution in [3.8, 4) is 5.75 Å². The molecule has 1 aromatic carbocycles. The van der Waals surface area contributed by atoms with Crippen molar-refractivity contribution in [1.82, 2.24) is 4.98 Å². The molecule has 1 N–H and O–H groups in total. The Labute approximate surface area is 132 Å². The van der Waals surface area contributed by atoms with Gasteiger partial charge in [0.1, 0.15) is 5.75 Å². The van der Waals surface area contributed by atoms with Gasteiger partial charge >= 0.3 is 0 Å². The van der Waals surface area contributed by atoms with Crippen molar-refractivity contribution in [2.45, 2.75) is 20.4 Å². The SMILES string of the molecule is COc1c(C)cnc(CNc2ccc(Br)c(Cl)c2)c1C. The van der Waals surface area contributed by atoms with E-state index in [2.05, 4.69) is 26.2 Å². The second-order valence-electron chi connectivity index (χ2n) is 4.53. The summed E-state index contributed by atoms with van der Waals surface area (Å²) < 4.78 is 6.29. The number of anilines is 1. The third-order valence-electron chi connectivity index (χ3n) is 3.13. The highest BCUT2D eigenvalue weighted by Gasteiger charge is 2.09. The van der Waals surface area contributed by atoms with Gasteiger partial charge in [-0.3, -0.25) is 4.98 Å². The summed E-state index contributed by atoms with van der Waals surface area (Å²) in [6.45, 7) is 4.63. The van der Waals surface area contributed by atoms with Gasteiger partial charge in [0, 0.05) is 27.5 Å². The highest BCUT2D eigenvalue weighted by molar-refractivity contribution is 9.10. The van der Waals surface area contributed by atoms with Crippen LogP contribution in [0.4, 0.5) is 5.69 Å². The van der Waals surface area contributed by atoms with Crippen molar-refractivity contribution in [3.05, 3.63) is 50.7 Å². The highest BCUT2D eigenvalue weighted by atomic mass is 79.9. The lowest BCUT2D eigenvalue weighted by Gasteiger charge is -2.13. The zero-order valence-electron chi connectivity index (χ0n) is 11.6. The van der Waals surface area contributed by atoms with E-state index in [1.54, 1.807) is 7.11 Å². The zero-order chi connectivity index (χ0) is 14.7. The smallest absolute Gasteiger partial charge is 0.128 e. The average molecular weight is 356 g/mol. The molecule has 0 aliphatic carbocycles. The second kappa shape index (κ2) is 6.46. The van der Waals surface area contributed by atoms with E-state index >= 15 is 0 Å². The molecule has 0 bridgehead atoms. The van der Waals surface area contributed by atoms with E-state index in [0.29, 0.717) is 11.6 Å². The number of rotatable bonds is 4. The molecular weight excluding hydrogens is 340 g/mol. The summed E-state index contributed by atoms with van der Waals surface area (Å²) in [5.74, 6) is 0.894. The van der Waals surface area contributed by atoms with Crippen LogP contribution in [0.5, 0.6) is 5.75 Å². The van der Waals surface area contributed by atoms with E-state index in [4.69, 9.17) is 16.3 Å². The average Bonchev–Trinajstić information content (AvgIpc) is 2.42. The van der Waals surface area contributed by atoms with Gasteiger partial charge in [-0.2, -0.15) is 0 Å². The number of ether oxygens (including phenoxy) is 1. The Bertz CT molecular complexity index is 632. The molecule has 5 heteroatoms. The Morgan fingerprint density at radius 3 is 2.75 bits per heavy atom. The number of hydrogen-bond donors (Lipinski definition) is 1. The van der Waals surface area contributed by atoms with Gasteiger partial charge in [0.15, 0.2) is 0 Å². The summed E-state index contributed by atoms with van der Waals surface area (Å²) in [7, 11) is 1.68. The van der Waals surface area contributed by atoms with Crippen LogP contribution in [0, 0.1) is 13.8 Å². The number of aromatic nitrogens is 1. The molecular formula is C15H16BrClN2O. The summed E-state index contributed by atoms with van der Waals surface area (Å²) in [6, 6.07) is 5.77. The molecule has 0 fully saturated rings. The van der Waals surface area contributed by atoms with Gasteiger partial charge in [-0.1, -0.05) is 11.6 Å². The highest BCUT2D eigenvalue weighted by Crippen LogP contribution is 2.27. The van der Waals surface area contributed by atoms with E-state index in [1.165, 1.54) is 0 Å². The maximum Gasteiger partial charge on any atom is 0.128 e. The molecule has 106 valence electrons. The fourth-order valence-corrected chi connectivity index (χ4v) is 2.47. The topological polar surface area (TPSA) is 34.1 Å². The van der Waals surface area contributed by atoms with Crippen molar-refractivity contribution in [3.63, 3.8) is 0 Å². The Morgan fingerprint density at radius 1 is 1.35 bits per heavy atom. The van der Waals surface area contributed by atoms with Crippen LogP contribution in [0.15, 0.2) is 28.9 Å². The Balaban J connectivity index is 2.16. The lowest BCUT2D eigenvalue weighted by molar-refractivity contribution is 0.407. The van der Waals surface area contributed by atoms with E-state index in [0.717, 1.165) is 32.7 Å². The summed E-state index contributed by atoms with van der Waals surface area (Å²) >= 11 is 9.45. The monoisotopic (exact) mass is 354 g/mol. The van der Waals surface area contributed by atoms with E-state index in [-0.39, 0.29) is 0 Å². The normalized spacial score (nSPS) is 10.4. The van der Waals surface area contributed by atoms with Gasteiger partial charge < -0.3 is 10.1 Å². The van der Waals surface area contributed by atoms with Crippen molar-refractivity contribution >= 4 is 33.2 Å². The molecule has 2 aromatic rings. The van der Waals surface area contributed by atoms with Crippen LogP contribution in [0.25, 0.3) is 0 Å². The Morgan fingerprint density at radius 2 is 2.10 bits per heavy atom. The fraction of sp³-hybridized carbons (Fsp3) is 0.267. The molecule has 0 aliphatic heterocycles. The van der Waals surface area contributed by atoms with Crippen molar-refractivity contribution in [2.75, 3.05) is 12.4 Å². The molecule has 0 spiro atoms. The quantitative estimate of drug-likeness (QED) is 0.860. The molecule has 3 nitrogen and oxygen atoms in total. The van der Waals surface area contributed by atoms with Gasteiger partial charge in [0.05, 0.1) is 24.4 Å². The lowest BCUT2D eigenvalue weighted by Crippen LogP contribution is -2.06. The van der Waals surface area contributed by atoms with Crippen molar-refractivity contribution < 1.29 is 4.74 Å². The molecule has 20 heavy (non-hydrogen) atoms. The Kier molecular flexibility index (Phi) is 4.89. The number of benzene rings is 1. The van der Waals surface area contributed by atoms with Crippen molar-refractivity contribution in [1.29, 1.82) is 0 Å². The minimum absolute atomic E-state index is 0.625. The number of pyridine rings is 1. The van der Waals surface area contributed by atoms with Gasteiger partial charge in [0.25, 0.3) is 0 Å². The van der Waals surface area contributed by atoms with Gasteiger partial charge in [-0.05, 0) is 48.0 Å². The predicted molar refractivity (Wildman–Crippen MR) is 86.7 cm³/mol. The summed E-state index contributed by atoms with van der Waals surface area (Å²) in [6.07, 6.45) is 1.83. The molecule has 0 atom stereocenters. The van der Waals surface area contributed by atoms with Crippen molar-refractivity contribution in [2.24, 2.45) is 0 Å². The number of methoxy groups -OCH3 is 1. The number of hydrogen-bond acceptors (Lipinski definition) is 3. The minimum atomic E-state index is 0.625. The van der Waals surface area contributed by atoms with Gasteiger partial charge in [-0.25, -0.2) is 0 Å². The maximum absolute atomic E-state index is 6.07. The molecule has 0 amide bonds. The first-order valence-electron chi connectivity index (χ1n) is 6.21. The molecule has 1 aromatic heterocycles. The first-order valence-corrected chi connectivity index (χ1v) is 7.38. The standard InChI is InChI=1S/C15H16BrClN2O/c1-9-7-19-14(10(2)15(9)20-3)8-18-11-4-5-12(16)13(17)6-11/h4-7,18H,8H2,1-3H3. The Hall–Kier alpha value is -1.26. The first-order chi connectivity index (χ1) is 9.52. The van der Waals surface area contributed by atoms with Crippen LogP contribution in [0.1, 0.15) is 16.8 Å². The third kappa shape index (κ3) is 3.25. The first kappa shape index (κ1) is 15.1. The van der Waals surface area contributed by atoms with Crippen LogP contribution in [0.3, 0.4) is 0 Å². The number of aryl methyl sites for hydroxylation is 1. The fourth-order valence-electron chi connectivity index (χ4n) is 2.04. The third-order valence-corrected chi connectivity index (χ3v) is 4.36. The molecule has 0 saturated heterocycles. The molecule has 0 unspecified atom stereocenters. The second-order valence-corrected chi connectivity index (χ2v) is 5.79. The summed E-state index contributed by atoms with van der Waals surface area (Å²) in [5, 5.41) is 4.00. The lowest BCUT2D eigenvalue weighted by atomic mass is 10.1. The number of nitrogens with zero attached hydrogens (tertiary/aromatic N) is 1. The zero-order valence-corrected chi connectivity index (χ0v) is 14.0. The molecule has 2 rings (SSSR count). The van der Waals surface area contributed by atoms with Crippen LogP contribution in [0.2, 0.25) is 5.02 Å². The summed E-state index contributed by atoms with van der Waals surface area (Å²) in [4.78, 5) is 4.46. The number of halogens is 2. The van der Waals surface area contributed by atoms with Crippen LogP contribution in [-0.4, -0.2) is 12.1 Å². The van der Waals surface area contributed by atoms with Crippen LogP contribution in [-0.2, 0) is 6.54 Å². The van der Waals surface area contributed by atoms with Crippen LogP contribution < -0.4 is 10.1 Å². The molecule has 0 saturated carbocycles. The van der Waals surface area contributed by atoms with Gasteiger partial charge in [-0.15, -0.1) is 0 Å². The van der Waals surface area contributed by atoms with E-state index in [1.807, 2.05) is 38.2 Å². The molecule has 0 radical (unpaired) electrons. The number of nitrogens with one attached hydrogen (secondary N) is 1. The maximum atomic E-state index is 6.07. The van der Waals surface area contributed by atoms with Crippen LogP contribution >= 0.6 is 27.5 Å². The summed E-state index contributed by atoms with van der Waals surface area (Å²) in [5.41, 5.74) is 4.02. The predicted octanol–water partition coefficient (Wildman–Crippen LogP) is 4.74. The van der Waals surface area contributed by atoms with E-state index in [9.17, 15) is 0 Å². The van der Waals surface area contributed by atoms with Gasteiger partial charge in [0.2, 0.25) is 0 Å². The molecule has 0 aliphatic rings.